The van der Waals surface area contributed by atoms with Crippen molar-refractivity contribution in [2.75, 3.05) is 12.4 Å². The molecule has 3 rings (SSSR count). The number of halogens is 1. The lowest BCUT2D eigenvalue weighted by atomic mass is 10.1. The van der Waals surface area contributed by atoms with Gasteiger partial charge in [-0.05, 0) is 58.5 Å². The van der Waals surface area contributed by atoms with Gasteiger partial charge < -0.3 is 10.1 Å². The highest BCUT2D eigenvalue weighted by Crippen LogP contribution is 2.33. The van der Waals surface area contributed by atoms with Crippen LogP contribution in [0.5, 0.6) is 11.6 Å². The van der Waals surface area contributed by atoms with Crippen LogP contribution in [0, 0.1) is 0 Å². The Morgan fingerprint density at radius 1 is 1.21 bits per heavy atom. The standard InChI is InChI=1S/C14H14BrN3O/c1-16-13-12(15)14(18-8-17-13)19-11-6-5-9-3-2-4-10(9)7-11/h5-8H,2-4H2,1H3,(H,16,17,18). The smallest absolute Gasteiger partial charge is 0.238 e. The summed E-state index contributed by atoms with van der Waals surface area (Å²) < 4.78 is 6.57. The van der Waals surface area contributed by atoms with Gasteiger partial charge in [0.25, 0.3) is 0 Å². The van der Waals surface area contributed by atoms with E-state index in [2.05, 4.69) is 43.3 Å². The first-order valence-electron chi connectivity index (χ1n) is 6.26. The molecule has 5 heteroatoms. The van der Waals surface area contributed by atoms with Crippen LogP contribution in [0.1, 0.15) is 17.5 Å². The molecule has 0 spiro atoms. The summed E-state index contributed by atoms with van der Waals surface area (Å²) in [5, 5.41) is 2.99. The van der Waals surface area contributed by atoms with E-state index in [1.54, 1.807) is 0 Å². The lowest BCUT2D eigenvalue weighted by molar-refractivity contribution is 0.458. The molecule has 4 nitrogen and oxygen atoms in total. The molecule has 1 aliphatic carbocycles. The van der Waals surface area contributed by atoms with E-state index in [4.69, 9.17) is 4.74 Å². The van der Waals surface area contributed by atoms with Crippen molar-refractivity contribution in [3.05, 3.63) is 40.1 Å². The Balaban J connectivity index is 1.89. The maximum absolute atomic E-state index is 5.84. The van der Waals surface area contributed by atoms with E-state index >= 15 is 0 Å². The number of rotatable bonds is 3. The first-order chi connectivity index (χ1) is 9.28. The molecule has 0 atom stereocenters. The van der Waals surface area contributed by atoms with E-state index in [9.17, 15) is 0 Å². The molecule has 0 bridgehead atoms. The van der Waals surface area contributed by atoms with E-state index < -0.39 is 0 Å². The van der Waals surface area contributed by atoms with Crippen LogP contribution >= 0.6 is 15.9 Å². The number of aromatic nitrogens is 2. The Labute approximate surface area is 120 Å². The van der Waals surface area contributed by atoms with Crippen LogP contribution in [0.4, 0.5) is 5.82 Å². The van der Waals surface area contributed by atoms with Gasteiger partial charge in [0.1, 0.15) is 22.4 Å². The Morgan fingerprint density at radius 2 is 2.05 bits per heavy atom. The Morgan fingerprint density at radius 3 is 2.89 bits per heavy atom. The fraction of sp³-hybridized carbons (Fsp3) is 0.286. The van der Waals surface area contributed by atoms with Crippen LogP contribution in [0.2, 0.25) is 0 Å². The molecule has 0 saturated heterocycles. The molecule has 0 saturated carbocycles. The zero-order valence-electron chi connectivity index (χ0n) is 10.6. The molecule has 2 aromatic rings. The monoisotopic (exact) mass is 319 g/mol. The van der Waals surface area contributed by atoms with Gasteiger partial charge in [-0.1, -0.05) is 6.07 Å². The maximum Gasteiger partial charge on any atom is 0.238 e. The Bertz CT molecular complexity index is 616. The highest BCUT2D eigenvalue weighted by molar-refractivity contribution is 9.10. The van der Waals surface area contributed by atoms with Crippen molar-refractivity contribution in [2.45, 2.75) is 19.3 Å². The molecular weight excluding hydrogens is 306 g/mol. The molecular formula is C14H14BrN3O. The summed E-state index contributed by atoms with van der Waals surface area (Å²) in [4.78, 5) is 8.26. The number of aryl methyl sites for hydroxylation is 2. The predicted octanol–water partition coefficient (Wildman–Crippen LogP) is 3.56. The third-order valence-corrected chi connectivity index (χ3v) is 3.99. The number of hydrogen-bond acceptors (Lipinski definition) is 4. The van der Waals surface area contributed by atoms with Gasteiger partial charge in [-0.3, -0.25) is 0 Å². The van der Waals surface area contributed by atoms with E-state index in [-0.39, 0.29) is 0 Å². The van der Waals surface area contributed by atoms with E-state index in [0.29, 0.717) is 11.7 Å². The number of anilines is 1. The second kappa shape index (κ2) is 5.17. The molecule has 1 aromatic heterocycles. The largest absolute Gasteiger partial charge is 0.438 e. The van der Waals surface area contributed by atoms with Crippen molar-refractivity contribution in [1.29, 1.82) is 0 Å². The molecule has 19 heavy (non-hydrogen) atoms. The van der Waals surface area contributed by atoms with Gasteiger partial charge in [-0.25, -0.2) is 9.97 Å². The number of hydrogen-bond donors (Lipinski definition) is 1. The van der Waals surface area contributed by atoms with Gasteiger partial charge in [0, 0.05) is 7.05 Å². The van der Waals surface area contributed by atoms with Crippen molar-refractivity contribution in [3.8, 4) is 11.6 Å². The lowest BCUT2D eigenvalue weighted by Crippen LogP contribution is -1.98. The highest BCUT2D eigenvalue weighted by atomic mass is 79.9. The van der Waals surface area contributed by atoms with Crippen molar-refractivity contribution >= 4 is 21.7 Å². The minimum Gasteiger partial charge on any atom is -0.438 e. The van der Waals surface area contributed by atoms with Gasteiger partial charge >= 0.3 is 0 Å². The fourth-order valence-electron chi connectivity index (χ4n) is 2.32. The SMILES string of the molecule is CNc1ncnc(Oc2ccc3c(c2)CCC3)c1Br. The van der Waals surface area contributed by atoms with Crippen LogP contribution in [0.15, 0.2) is 29.0 Å². The van der Waals surface area contributed by atoms with Gasteiger partial charge in [-0.15, -0.1) is 0 Å². The molecule has 1 aliphatic rings. The average Bonchev–Trinajstić information content (AvgIpc) is 2.88. The lowest BCUT2D eigenvalue weighted by Gasteiger charge is -2.10. The number of ether oxygens (including phenoxy) is 1. The second-order valence-electron chi connectivity index (χ2n) is 4.48. The summed E-state index contributed by atoms with van der Waals surface area (Å²) in [7, 11) is 1.81. The first-order valence-corrected chi connectivity index (χ1v) is 7.05. The topological polar surface area (TPSA) is 47.0 Å². The predicted molar refractivity (Wildman–Crippen MR) is 77.8 cm³/mol. The van der Waals surface area contributed by atoms with Crippen LogP contribution in [-0.2, 0) is 12.8 Å². The third-order valence-electron chi connectivity index (χ3n) is 3.28. The van der Waals surface area contributed by atoms with Crippen LogP contribution in [-0.4, -0.2) is 17.0 Å². The fourth-order valence-corrected chi connectivity index (χ4v) is 2.81. The number of nitrogens with one attached hydrogen (secondary N) is 1. The van der Waals surface area contributed by atoms with Crippen molar-refractivity contribution in [1.82, 2.24) is 9.97 Å². The minimum atomic E-state index is 0.525. The highest BCUT2D eigenvalue weighted by Gasteiger charge is 2.13. The summed E-state index contributed by atoms with van der Waals surface area (Å²) in [6, 6.07) is 6.25. The average molecular weight is 320 g/mol. The van der Waals surface area contributed by atoms with Crippen molar-refractivity contribution in [3.63, 3.8) is 0 Å². The molecule has 0 unspecified atom stereocenters. The molecule has 0 radical (unpaired) electrons. The Kier molecular flexibility index (Phi) is 3.38. The number of fused-ring (bicyclic) bond motifs is 1. The summed E-state index contributed by atoms with van der Waals surface area (Å²) in [5.41, 5.74) is 2.82. The maximum atomic E-state index is 5.84. The van der Waals surface area contributed by atoms with Crippen molar-refractivity contribution in [2.24, 2.45) is 0 Å². The Hall–Kier alpha value is -1.62. The van der Waals surface area contributed by atoms with Gasteiger partial charge in [-0.2, -0.15) is 0 Å². The summed E-state index contributed by atoms with van der Waals surface area (Å²) in [6.45, 7) is 0. The minimum absolute atomic E-state index is 0.525. The first kappa shape index (κ1) is 12.4. The molecule has 0 amide bonds. The van der Waals surface area contributed by atoms with Crippen LogP contribution in [0.3, 0.4) is 0 Å². The molecule has 1 aromatic carbocycles. The van der Waals surface area contributed by atoms with Gasteiger partial charge in [0.2, 0.25) is 5.88 Å². The van der Waals surface area contributed by atoms with Gasteiger partial charge in [0.15, 0.2) is 0 Å². The summed E-state index contributed by atoms with van der Waals surface area (Å²) in [5.74, 6) is 2.06. The van der Waals surface area contributed by atoms with Crippen LogP contribution < -0.4 is 10.1 Å². The summed E-state index contributed by atoms with van der Waals surface area (Å²) in [6.07, 6.45) is 5.04. The van der Waals surface area contributed by atoms with Gasteiger partial charge in [0.05, 0.1) is 0 Å². The molecule has 98 valence electrons. The zero-order valence-corrected chi connectivity index (χ0v) is 12.2. The van der Waals surface area contributed by atoms with Crippen LogP contribution in [0.25, 0.3) is 0 Å². The molecule has 1 heterocycles. The van der Waals surface area contributed by atoms with Crippen molar-refractivity contribution < 1.29 is 4.74 Å². The summed E-state index contributed by atoms with van der Waals surface area (Å²) >= 11 is 3.45. The van der Waals surface area contributed by atoms with E-state index in [0.717, 1.165) is 16.6 Å². The quantitative estimate of drug-likeness (QED) is 0.939. The third kappa shape index (κ3) is 2.42. The van der Waals surface area contributed by atoms with E-state index in [1.165, 1.54) is 30.3 Å². The molecule has 1 N–H and O–H groups in total. The molecule has 0 fully saturated rings. The zero-order chi connectivity index (χ0) is 13.2. The number of nitrogens with zero attached hydrogens (tertiary/aromatic N) is 2. The second-order valence-corrected chi connectivity index (χ2v) is 5.27. The normalized spacial score (nSPS) is 13.2. The molecule has 0 aliphatic heterocycles. The number of benzene rings is 1. The van der Waals surface area contributed by atoms with E-state index in [1.807, 2.05) is 13.1 Å².